The minimum Gasteiger partial charge on any atom is -0.497 e. The predicted molar refractivity (Wildman–Crippen MR) is 118 cm³/mol. The fourth-order valence-corrected chi connectivity index (χ4v) is 5.87. The van der Waals surface area contributed by atoms with Gasteiger partial charge < -0.3 is 18.9 Å². The fraction of sp³-hybridized carbons (Fsp3) is 0.381. The summed E-state index contributed by atoms with van der Waals surface area (Å²) in [5, 5.41) is 0.587. The molecule has 0 radical (unpaired) electrons. The van der Waals surface area contributed by atoms with Crippen LogP contribution in [0.15, 0.2) is 41.3 Å². The Labute approximate surface area is 185 Å². The Hall–Kier alpha value is -2.56. The molecular formula is C21H24N2O6S2. The maximum Gasteiger partial charge on any atom is 0.274 e. The molecule has 0 saturated carbocycles. The maximum atomic E-state index is 13.1. The lowest BCUT2D eigenvalue weighted by Crippen LogP contribution is -2.41. The van der Waals surface area contributed by atoms with Gasteiger partial charge in [-0.05, 0) is 37.1 Å². The van der Waals surface area contributed by atoms with E-state index in [9.17, 15) is 8.42 Å². The maximum absolute atomic E-state index is 13.1. The average Bonchev–Trinajstić information content (AvgIpc) is 3.20. The number of methoxy groups -OCH3 is 3. The van der Waals surface area contributed by atoms with E-state index in [1.54, 1.807) is 13.2 Å². The Balaban J connectivity index is 1.42. The van der Waals surface area contributed by atoms with Crippen molar-refractivity contribution in [2.75, 3.05) is 34.4 Å². The van der Waals surface area contributed by atoms with Gasteiger partial charge in [-0.25, -0.2) is 13.4 Å². The molecule has 0 aliphatic carbocycles. The number of sulfonamides is 1. The molecule has 1 saturated heterocycles. The lowest BCUT2D eigenvalue weighted by atomic mass is 10.1. The van der Waals surface area contributed by atoms with Gasteiger partial charge >= 0.3 is 0 Å². The van der Waals surface area contributed by atoms with Gasteiger partial charge in [0.15, 0.2) is 11.5 Å². The summed E-state index contributed by atoms with van der Waals surface area (Å²) in [6.45, 7) is 0.750. The van der Waals surface area contributed by atoms with Crippen molar-refractivity contribution in [3.05, 3.63) is 36.4 Å². The zero-order chi connectivity index (χ0) is 22.0. The number of hydrogen-bond donors (Lipinski definition) is 0. The number of hydrogen-bond acceptors (Lipinski definition) is 8. The first kappa shape index (κ1) is 21.7. The summed E-state index contributed by atoms with van der Waals surface area (Å²) in [4.78, 5) is 4.71. The third kappa shape index (κ3) is 4.41. The summed E-state index contributed by atoms with van der Waals surface area (Å²) in [5.74, 6) is 1.62. The number of ether oxygens (including phenoxy) is 4. The van der Waals surface area contributed by atoms with Crippen molar-refractivity contribution in [1.82, 2.24) is 9.29 Å². The second-order valence-corrected chi connectivity index (χ2v) is 9.98. The molecule has 4 rings (SSSR count). The molecule has 8 nitrogen and oxygen atoms in total. The highest BCUT2D eigenvalue weighted by Gasteiger charge is 2.31. The smallest absolute Gasteiger partial charge is 0.274 e. The Morgan fingerprint density at radius 3 is 2.39 bits per heavy atom. The Morgan fingerprint density at radius 2 is 1.71 bits per heavy atom. The Kier molecular flexibility index (Phi) is 6.22. The average molecular weight is 465 g/mol. The van der Waals surface area contributed by atoms with Gasteiger partial charge in [-0.2, -0.15) is 4.31 Å². The lowest BCUT2D eigenvalue weighted by Gasteiger charge is -2.30. The minimum atomic E-state index is -3.63. The first-order valence-electron chi connectivity index (χ1n) is 9.78. The second-order valence-electron chi connectivity index (χ2n) is 7.05. The van der Waals surface area contributed by atoms with Gasteiger partial charge in [0.2, 0.25) is 10.0 Å². The summed E-state index contributed by atoms with van der Waals surface area (Å²) in [7, 11) is 0.985. The topological polar surface area (TPSA) is 87.2 Å². The monoisotopic (exact) mass is 464 g/mol. The molecular weight excluding hydrogens is 440 g/mol. The van der Waals surface area contributed by atoms with Gasteiger partial charge in [0.25, 0.3) is 5.19 Å². The SMILES string of the molecule is COc1ccc2sc(OC3CCN(S(=O)(=O)c4ccc(OC)c(OC)c4)CC3)nc2c1. The summed E-state index contributed by atoms with van der Waals surface area (Å²) in [5.41, 5.74) is 0.827. The highest BCUT2D eigenvalue weighted by Crippen LogP contribution is 2.34. The minimum absolute atomic E-state index is 0.0840. The van der Waals surface area contributed by atoms with Crippen LogP contribution in [0.5, 0.6) is 22.4 Å². The fourth-order valence-electron chi connectivity index (χ4n) is 3.52. The van der Waals surface area contributed by atoms with Crippen LogP contribution in [0.3, 0.4) is 0 Å². The zero-order valence-corrected chi connectivity index (χ0v) is 19.2. The Morgan fingerprint density at radius 1 is 0.968 bits per heavy atom. The molecule has 3 aromatic rings. The van der Waals surface area contributed by atoms with E-state index in [4.69, 9.17) is 18.9 Å². The molecule has 31 heavy (non-hydrogen) atoms. The highest BCUT2D eigenvalue weighted by atomic mass is 32.2. The zero-order valence-electron chi connectivity index (χ0n) is 17.5. The Bertz CT molecular complexity index is 1170. The predicted octanol–water partition coefficient (Wildman–Crippen LogP) is 3.55. The summed E-state index contributed by atoms with van der Waals surface area (Å²) < 4.78 is 50.4. The summed E-state index contributed by atoms with van der Waals surface area (Å²) >= 11 is 1.47. The van der Waals surface area contributed by atoms with Crippen molar-refractivity contribution in [3.63, 3.8) is 0 Å². The number of piperidine rings is 1. The van der Waals surface area contributed by atoms with Crippen LogP contribution in [-0.2, 0) is 10.0 Å². The van der Waals surface area contributed by atoms with Crippen molar-refractivity contribution in [2.24, 2.45) is 0 Å². The van der Waals surface area contributed by atoms with E-state index >= 15 is 0 Å². The van der Waals surface area contributed by atoms with Crippen LogP contribution in [-0.4, -0.2) is 58.2 Å². The van der Waals surface area contributed by atoms with Gasteiger partial charge in [0.05, 0.1) is 36.4 Å². The number of rotatable bonds is 7. The van der Waals surface area contributed by atoms with Crippen molar-refractivity contribution < 1.29 is 27.4 Å². The molecule has 166 valence electrons. The van der Waals surface area contributed by atoms with Crippen molar-refractivity contribution in [1.29, 1.82) is 0 Å². The van der Waals surface area contributed by atoms with Crippen LogP contribution in [0.25, 0.3) is 10.2 Å². The summed E-state index contributed by atoms with van der Waals surface area (Å²) in [6, 6.07) is 10.3. The molecule has 2 heterocycles. The molecule has 10 heteroatoms. The summed E-state index contributed by atoms with van der Waals surface area (Å²) in [6.07, 6.45) is 1.09. The number of aromatic nitrogens is 1. The van der Waals surface area contributed by atoms with E-state index in [0.29, 0.717) is 42.6 Å². The number of fused-ring (bicyclic) bond motifs is 1. The highest BCUT2D eigenvalue weighted by molar-refractivity contribution is 7.89. The van der Waals surface area contributed by atoms with Gasteiger partial charge in [0.1, 0.15) is 11.9 Å². The number of thiazole rings is 1. The van der Waals surface area contributed by atoms with E-state index in [1.807, 2.05) is 18.2 Å². The third-order valence-electron chi connectivity index (χ3n) is 5.24. The standard InChI is InChI=1S/C21H24N2O6S2/c1-26-15-4-7-20-17(12-15)22-21(30-20)29-14-8-10-23(11-9-14)31(24,25)16-5-6-18(27-2)19(13-16)28-3/h4-7,12-14H,8-11H2,1-3H3. The second kappa shape index (κ2) is 8.89. The van der Waals surface area contributed by atoms with Gasteiger partial charge in [0, 0.05) is 25.2 Å². The third-order valence-corrected chi connectivity index (χ3v) is 8.06. The molecule has 0 bridgehead atoms. The van der Waals surface area contributed by atoms with Crippen LogP contribution in [0.2, 0.25) is 0 Å². The normalized spacial score (nSPS) is 15.7. The number of benzene rings is 2. The molecule has 1 fully saturated rings. The van der Waals surface area contributed by atoms with Crippen molar-refractivity contribution in [2.45, 2.75) is 23.8 Å². The molecule has 1 aliphatic heterocycles. The van der Waals surface area contributed by atoms with Crippen molar-refractivity contribution in [3.8, 4) is 22.4 Å². The molecule has 0 amide bonds. The molecule has 0 spiro atoms. The molecule has 0 unspecified atom stereocenters. The van der Waals surface area contributed by atoms with E-state index in [-0.39, 0.29) is 11.0 Å². The van der Waals surface area contributed by atoms with E-state index in [1.165, 1.54) is 42.0 Å². The van der Waals surface area contributed by atoms with E-state index in [0.717, 1.165) is 16.0 Å². The van der Waals surface area contributed by atoms with Crippen molar-refractivity contribution >= 4 is 31.6 Å². The van der Waals surface area contributed by atoms with Crippen LogP contribution < -0.4 is 18.9 Å². The van der Waals surface area contributed by atoms with Gasteiger partial charge in [-0.3, -0.25) is 0 Å². The van der Waals surface area contributed by atoms with Crippen LogP contribution in [0.4, 0.5) is 0 Å². The number of nitrogens with zero attached hydrogens (tertiary/aromatic N) is 2. The first-order chi connectivity index (χ1) is 14.9. The van der Waals surface area contributed by atoms with E-state index < -0.39 is 10.0 Å². The van der Waals surface area contributed by atoms with Crippen LogP contribution in [0, 0.1) is 0 Å². The van der Waals surface area contributed by atoms with Gasteiger partial charge in [-0.15, -0.1) is 0 Å². The molecule has 2 aromatic carbocycles. The molecule has 1 aromatic heterocycles. The molecule has 1 aliphatic rings. The van der Waals surface area contributed by atoms with Crippen LogP contribution >= 0.6 is 11.3 Å². The quantitative estimate of drug-likeness (QED) is 0.528. The van der Waals surface area contributed by atoms with Crippen LogP contribution in [0.1, 0.15) is 12.8 Å². The molecule has 0 atom stereocenters. The largest absolute Gasteiger partial charge is 0.497 e. The van der Waals surface area contributed by atoms with Gasteiger partial charge in [-0.1, -0.05) is 11.3 Å². The molecule has 0 N–H and O–H groups in total. The lowest BCUT2D eigenvalue weighted by molar-refractivity contribution is 0.135. The first-order valence-corrected chi connectivity index (χ1v) is 12.0. The van der Waals surface area contributed by atoms with E-state index in [2.05, 4.69) is 4.98 Å².